The highest BCUT2D eigenvalue weighted by Crippen LogP contribution is 2.33. The third kappa shape index (κ3) is 6.06. The Morgan fingerprint density at radius 3 is 2.42 bits per heavy atom. The Morgan fingerprint density at radius 2 is 1.81 bits per heavy atom. The van der Waals surface area contributed by atoms with Crippen molar-refractivity contribution in [2.75, 3.05) is 44.2 Å². The number of hydrogen-bond acceptors (Lipinski definition) is 7. The number of nitrogens with zero attached hydrogens (tertiary/aromatic N) is 5. The molecule has 36 heavy (non-hydrogen) atoms. The number of anilines is 1. The zero-order chi connectivity index (χ0) is 26.1. The van der Waals surface area contributed by atoms with Crippen LogP contribution in [0, 0.1) is 0 Å². The number of hydrogen-bond donors (Lipinski definition) is 1. The number of piperazine rings is 1. The van der Waals surface area contributed by atoms with Crippen molar-refractivity contribution in [3.63, 3.8) is 0 Å². The molecule has 1 amide bonds. The molecule has 2 fully saturated rings. The highest BCUT2D eigenvalue weighted by molar-refractivity contribution is 5.78. The first kappa shape index (κ1) is 25.7. The van der Waals surface area contributed by atoms with Gasteiger partial charge in [0.2, 0.25) is 5.91 Å². The SMILES string of the molecule is O=C(CN1CCCC1c1cc(C(F)(F)F)c(=O)[nH]n1)N1CCN(c2ccc(OC(F)(F)F)cn2)CC1. The van der Waals surface area contributed by atoms with Gasteiger partial charge in [0.25, 0.3) is 5.56 Å². The molecule has 2 aliphatic heterocycles. The molecular formula is C21H22F6N6O3. The summed E-state index contributed by atoms with van der Waals surface area (Å²) >= 11 is 0. The Hall–Kier alpha value is -3.36. The Bertz CT molecular complexity index is 1130. The first-order chi connectivity index (χ1) is 16.9. The van der Waals surface area contributed by atoms with Crippen molar-refractivity contribution >= 4 is 11.7 Å². The Balaban J connectivity index is 1.34. The van der Waals surface area contributed by atoms with E-state index in [0.717, 1.165) is 18.3 Å². The predicted octanol–water partition coefficient (Wildman–Crippen LogP) is 2.57. The standard InChI is InChI=1S/C21H22F6N6O3/c22-20(23,24)14-10-15(29-30-19(14)35)16-2-1-5-33(16)12-18(34)32-8-6-31(7-9-32)17-4-3-13(11-28-17)36-21(25,26)27/h3-4,10-11,16H,1-2,5-9,12H2,(H,30,35). The second-order valence-corrected chi connectivity index (χ2v) is 8.43. The summed E-state index contributed by atoms with van der Waals surface area (Å²) in [4.78, 5) is 33.6. The van der Waals surface area contributed by atoms with Crippen LogP contribution in [0.1, 0.15) is 30.1 Å². The van der Waals surface area contributed by atoms with Crippen LogP contribution in [-0.4, -0.2) is 76.5 Å². The van der Waals surface area contributed by atoms with Gasteiger partial charge >= 0.3 is 12.5 Å². The Kier molecular flexibility index (Phi) is 7.11. The van der Waals surface area contributed by atoms with E-state index in [9.17, 15) is 35.9 Å². The first-order valence-corrected chi connectivity index (χ1v) is 11.1. The van der Waals surface area contributed by atoms with E-state index in [2.05, 4.69) is 14.8 Å². The maximum atomic E-state index is 13.1. The van der Waals surface area contributed by atoms with Crippen molar-refractivity contribution in [1.82, 2.24) is 25.0 Å². The average molecular weight is 520 g/mol. The second-order valence-electron chi connectivity index (χ2n) is 8.43. The molecule has 0 radical (unpaired) electrons. The summed E-state index contributed by atoms with van der Waals surface area (Å²) in [6.45, 7) is 1.96. The van der Waals surface area contributed by atoms with Crippen LogP contribution in [0.3, 0.4) is 0 Å². The lowest BCUT2D eigenvalue weighted by Gasteiger charge is -2.36. The van der Waals surface area contributed by atoms with Crippen LogP contribution >= 0.6 is 0 Å². The Morgan fingerprint density at radius 1 is 1.08 bits per heavy atom. The number of nitrogens with one attached hydrogen (secondary N) is 1. The molecule has 2 aromatic rings. The molecule has 2 saturated heterocycles. The average Bonchev–Trinajstić information content (AvgIpc) is 3.26. The zero-order valence-electron chi connectivity index (χ0n) is 18.8. The molecule has 2 aliphatic rings. The number of alkyl halides is 6. The molecular weight excluding hydrogens is 498 g/mol. The van der Waals surface area contributed by atoms with Crippen LogP contribution < -0.4 is 15.2 Å². The van der Waals surface area contributed by atoms with Gasteiger partial charge in [0.05, 0.1) is 24.5 Å². The van der Waals surface area contributed by atoms with Gasteiger partial charge in [-0.1, -0.05) is 0 Å². The quantitative estimate of drug-likeness (QED) is 0.606. The lowest BCUT2D eigenvalue weighted by Crippen LogP contribution is -2.51. The van der Waals surface area contributed by atoms with Crippen molar-refractivity contribution in [2.24, 2.45) is 0 Å². The number of aromatic nitrogens is 3. The lowest BCUT2D eigenvalue weighted by atomic mass is 10.1. The molecule has 0 aliphatic carbocycles. The summed E-state index contributed by atoms with van der Waals surface area (Å²) in [5.41, 5.74) is -2.59. The molecule has 0 spiro atoms. The lowest BCUT2D eigenvalue weighted by molar-refractivity contribution is -0.274. The molecule has 0 aromatic carbocycles. The van der Waals surface area contributed by atoms with Crippen LogP contribution in [0.25, 0.3) is 0 Å². The molecule has 1 unspecified atom stereocenters. The summed E-state index contributed by atoms with van der Waals surface area (Å²) in [6.07, 6.45) is -7.49. The summed E-state index contributed by atoms with van der Waals surface area (Å²) < 4.78 is 80.1. The third-order valence-electron chi connectivity index (χ3n) is 6.08. The van der Waals surface area contributed by atoms with E-state index >= 15 is 0 Å². The van der Waals surface area contributed by atoms with E-state index < -0.39 is 35.5 Å². The van der Waals surface area contributed by atoms with Gasteiger partial charge in [-0.05, 0) is 37.6 Å². The van der Waals surface area contributed by atoms with Gasteiger partial charge in [0.1, 0.15) is 17.1 Å². The van der Waals surface area contributed by atoms with Gasteiger partial charge in [-0.25, -0.2) is 10.1 Å². The van der Waals surface area contributed by atoms with Crippen molar-refractivity contribution in [2.45, 2.75) is 31.4 Å². The minimum Gasteiger partial charge on any atom is -0.404 e. The van der Waals surface area contributed by atoms with E-state index in [1.165, 1.54) is 6.07 Å². The predicted molar refractivity (Wildman–Crippen MR) is 113 cm³/mol. The minimum absolute atomic E-state index is 0.0193. The number of halogens is 6. The maximum Gasteiger partial charge on any atom is 0.573 e. The van der Waals surface area contributed by atoms with Crippen molar-refractivity contribution in [3.8, 4) is 5.75 Å². The highest BCUT2D eigenvalue weighted by Gasteiger charge is 2.37. The molecule has 196 valence electrons. The fourth-order valence-corrected chi connectivity index (χ4v) is 4.37. The normalized spacial score (nSPS) is 19.6. The van der Waals surface area contributed by atoms with E-state index in [1.54, 1.807) is 9.80 Å². The van der Waals surface area contributed by atoms with Crippen LogP contribution in [0.4, 0.5) is 32.2 Å². The summed E-state index contributed by atoms with van der Waals surface area (Å²) in [6, 6.07) is 2.77. The van der Waals surface area contributed by atoms with Gasteiger partial charge in [-0.2, -0.15) is 18.3 Å². The zero-order valence-corrected chi connectivity index (χ0v) is 18.8. The largest absolute Gasteiger partial charge is 0.573 e. The van der Waals surface area contributed by atoms with Crippen molar-refractivity contribution < 1.29 is 35.9 Å². The molecule has 9 nitrogen and oxygen atoms in total. The van der Waals surface area contributed by atoms with Crippen LogP contribution in [-0.2, 0) is 11.0 Å². The maximum absolute atomic E-state index is 13.1. The number of rotatable bonds is 5. The van der Waals surface area contributed by atoms with Crippen LogP contribution in [0.5, 0.6) is 5.75 Å². The monoisotopic (exact) mass is 520 g/mol. The number of H-pyrrole nitrogens is 1. The molecule has 4 rings (SSSR count). The van der Waals surface area contributed by atoms with Gasteiger partial charge in [-0.15, -0.1) is 13.2 Å². The van der Waals surface area contributed by atoms with E-state index in [-0.39, 0.29) is 18.1 Å². The number of likely N-dealkylation sites (tertiary alicyclic amines) is 1. The number of aromatic amines is 1. The summed E-state index contributed by atoms with van der Waals surface area (Å²) in [5.74, 6) is -0.190. The Labute approximate surface area is 200 Å². The number of carbonyl (C=O) groups is 1. The molecule has 0 bridgehead atoms. The smallest absolute Gasteiger partial charge is 0.404 e. The van der Waals surface area contributed by atoms with E-state index in [1.807, 2.05) is 10.00 Å². The third-order valence-corrected chi connectivity index (χ3v) is 6.08. The number of amides is 1. The molecule has 1 N–H and O–H groups in total. The van der Waals surface area contributed by atoms with Crippen molar-refractivity contribution in [3.05, 3.63) is 46.0 Å². The topological polar surface area (TPSA) is 94.7 Å². The molecule has 2 aromatic heterocycles. The molecule has 15 heteroatoms. The van der Waals surface area contributed by atoms with Gasteiger partial charge < -0.3 is 14.5 Å². The van der Waals surface area contributed by atoms with Crippen molar-refractivity contribution in [1.29, 1.82) is 0 Å². The van der Waals surface area contributed by atoms with Crippen LogP contribution in [0.15, 0.2) is 29.2 Å². The second kappa shape index (κ2) is 9.95. The van der Waals surface area contributed by atoms with Gasteiger partial charge in [0, 0.05) is 26.2 Å². The molecule has 1 atom stereocenters. The molecule has 4 heterocycles. The summed E-state index contributed by atoms with van der Waals surface area (Å²) in [7, 11) is 0. The van der Waals surface area contributed by atoms with Crippen LogP contribution in [0.2, 0.25) is 0 Å². The van der Waals surface area contributed by atoms with E-state index in [4.69, 9.17) is 0 Å². The number of pyridine rings is 1. The molecule has 0 saturated carbocycles. The minimum atomic E-state index is -4.81. The fourth-order valence-electron chi connectivity index (χ4n) is 4.37. The van der Waals surface area contributed by atoms with Gasteiger partial charge in [-0.3, -0.25) is 14.5 Å². The summed E-state index contributed by atoms with van der Waals surface area (Å²) in [5, 5.41) is 5.69. The number of ether oxygens (including phenoxy) is 1. The first-order valence-electron chi connectivity index (χ1n) is 11.1. The fraction of sp³-hybridized carbons (Fsp3) is 0.524. The highest BCUT2D eigenvalue weighted by atomic mass is 19.4. The van der Waals surface area contributed by atoms with E-state index in [0.29, 0.717) is 51.4 Å². The van der Waals surface area contributed by atoms with Gasteiger partial charge in [0.15, 0.2) is 0 Å². The number of carbonyl (C=O) groups excluding carboxylic acids is 1.